The van der Waals surface area contributed by atoms with Crippen LogP contribution < -0.4 is 16.6 Å². The van der Waals surface area contributed by atoms with Crippen molar-refractivity contribution in [3.63, 3.8) is 0 Å². The van der Waals surface area contributed by atoms with E-state index in [4.69, 9.17) is 4.42 Å². The molecule has 3 aromatic rings. The van der Waals surface area contributed by atoms with Crippen LogP contribution in [-0.4, -0.2) is 24.6 Å². The van der Waals surface area contributed by atoms with Crippen molar-refractivity contribution < 1.29 is 9.21 Å². The van der Waals surface area contributed by atoms with E-state index < -0.39 is 11.2 Å². The lowest BCUT2D eigenvalue weighted by atomic mass is 10.2. The number of imidazole rings is 1. The largest absolute Gasteiger partial charge is 0.467 e. The molecule has 1 unspecified atom stereocenters. The van der Waals surface area contributed by atoms with Crippen molar-refractivity contribution in [3.05, 3.63) is 49.7 Å². The van der Waals surface area contributed by atoms with Crippen LogP contribution in [0, 0.1) is 0 Å². The van der Waals surface area contributed by atoms with Crippen molar-refractivity contribution in [1.29, 1.82) is 0 Å². The predicted molar refractivity (Wildman–Crippen MR) is 93.2 cm³/mol. The molecule has 10 heteroatoms. The number of rotatable bonds is 4. The molecule has 0 aromatic carbocycles. The molecule has 0 radical (unpaired) electrons. The summed E-state index contributed by atoms with van der Waals surface area (Å²) in [6.07, 6.45) is 1.53. The molecule has 0 fully saturated rings. The van der Waals surface area contributed by atoms with Gasteiger partial charge in [0.2, 0.25) is 5.91 Å². The zero-order valence-corrected chi connectivity index (χ0v) is 15.4. The van der Waals surface area contributed by atoms with E-state index in [9.17, 15) is 14.4 Å². The first-order valence-corrected chi connectivity index (χ1v) is 8.25. The van der Waals surface area contributed by atoms with Crippen LogP contribution in [0.25, 0.3) is 11.2 Å². The number of aromatic nitrogens is 4. The molecule has 0 saturated carbocycles. The average molecular weight is 410 g/mol. The number of carbonyl (C=O) groups is 1. The molecule has 0 spiro atoms. The third kappa shape index (κ3) is 2.93. The van der Waals surface area contributed by atoms with Crippen LogP contribution in [0.2, 0.25) is 0 Å². The van der Waals surface area contributed by atoms with Crippen molar-refractivity contribution in [1.82, 2.24) is 24.0 Å². The van der Waals surface area contributed by atoms with Crippen molar-refractivity contribution in [2.24, 2.45) is 14.1 Å². The van der Waals surface area contributed by atoms with Gasteiger partial charge < -0.3 is 9.73 Å². The van der Waals surface area contributed by atoms with E-state index in [1.807, 2.05) is 0 Å². The minimum absolute atomic E-state index is 0.109. The molecule has 1 N–H and O–H groups in total. The number of amides is 1. The summed E-state index contributed by atoms with van der Waals surface area (Å²) in [4.78, 5) is 40.9. The first-order chi connectivity index (χ1) is 11.8. The van der Waals surface area contributed by atoms with Gasteiger partial charge in [-0.3, -0.25) is 23.3 Å². The van der Waals surface area contributed by atoms with Gasteiger partial charge in [0.15, 0.2) is 15.9 Å². The quantitative estimate of drug-likeness (QED) is 0.637. The number of nitrogens with one attached hydrogen (secondary N) is 1. The maximum atomic E-state index is 12.4. The summed E-state index contributed by atoms with van der Waals surface area (Å²) >= 11 is 3.25. The zero-order chi connectivity index (χ0) is 18.3. The molecule has 0 aliphatic rings. The Morgan fingerprint density at radius 1 is 1.36 bits per heavy atom. The van der Waals surface area contributed by atoms with Gasteiger partial charge in [-0.1, -0.05) is 0 Å². The van der Waals surface area contributed by atoms with E-state index >= 15 is 0 Å². The molecule has 3 heterocycles. The van der Waals surface area contributed by atoms with Crippen LogP contribution in [0.3, 0.4) is 0 Å². The van der Waals surface area contributed by atoms with Crippen molar-refractivity contribution >= 4 is 33.0 Å². The van der Waals surface area contributed by atoms with Crippen LogP contribution >= 0.6 is 15.9 Å². The monoisotopic (exact) mass is 409 g/mol. The highest BCUT2D eigenvalue weighted by Crippen LogP contribution is 2.17. The summed E-state index contributed by atoms with van der Waals surface area (Å²) in [5, 5.41) is 2.80. The summed E-state index contributed by atoms with van der Waals surface area (Å²) in [6.45, 7) is 1.69. The van der Waals surface area contributed by atoms with Gasteiger partial charge >= 0.3 is 5.69 Å². The second-order valence-electron chi connectivity index (χ2n) is 5.65. The number of aryl methyl sites for hydroxylation is 1. The lowest BCUT2D eigenvalue weighted by Crippen LogP contribution is -2.38. The second kappa shape index (κ2) is 6.36. The Kier molecular flexibility index (Phi) is 4.38. The molecule has 0 saturated heterocycles. The number of hydrogen-bond donors (Lipinski definition) is 1. The SMILES string of the molecule is CC(NC(=O)Cn1c(Br)nc2c(=O)n(C)c(=O)n(C)c21)c1ccco1. The summed E-state index contributed by atoms with van der Waals surface area (Å²) < 4.78 is 9.29. The van der Waals surface area contributed by atoms with Gasteiger partial charge in [-0.2, -0.15) is 0 Å². The first-order valence-electron chi connectivity index (χ1n) is 7.45. The Bertz CT molecular complexity index is 1060. The molecular weight excluding hydrogens is 394 g/mol. The number of furan rings is 1. The highest BCUT2D eigenvalue weighted by atomic mass is 79.9. The smallest absolute Gasteiger partial charge is 0.332 e. The summed E-state index contributed by atoms with van der Waals surface area (Å²) in [7, 11) is 2.91. The fourth-order valence-corrected chi connectivity index (χ4v) is 3.11. The van der Waals surface area contributed by atoms with Gasteiger partial charge in [-0.15, -0.1) is 0 Å². The molecule has 9 nitrogen and oxygen atoms in total. The number of carbonyl (C=O) groups excluding carboxylic acids is 1. The summed E-state index contributed by atoms with van der Waals surface area (Å²) in [6, 6.07) is 3.19. The van der Waals surface area contributed by atoms with E-state index in [1.165, 1.54) is 29.5 Å². The van der Waals surface area contributed by atoms with Gasteiger partial charge in [-0.05, 0) is 35.0 Å². The normalized spacial score (nSPS) is 12.5. The minimum Gasteiger partial charge on any atom is -0.467 e. The molecule has 1 atom stereocenters. The van der Waals surface area contributed by atoms with Gasteiger partial charge in [0, 0.05) is 14.1 Å². The highest BCUT2D eigenvalue weighted by molar-refractivity contribution is 9.10. The minimum atomic E-state index is -0.512. The summed E-state index contributed by atoms with van der Waals surface area (Å²) in [5.41, 5.74) is -0.610. The molecule has 0 bridgehead atoms. The third-order valence-electron chi connectivity index (χ3n) is 3.94. The molecule has 3 aromatic heterocycles. The van der Waals surface area contributed by atoms with E-state index in [0.29, 0.717) is 10.5 Å². The Morgan fingerprint density at radius 3 is 2.72 bits per heavy atom. The highest BCUT2D eigenvalue weighted by Gasteiger charge is 2.20. The fraction of sp³-hybridized carbons (Fsp3) is 0.333. The fourth-order valence-electron chi connectivity index (χ4n) is 2.64. The van der Waals surface area contributed by atoms with Crippen LogP contribution in [0.4, 0.5) is 0 Å². The molecule has 132 valence electrons. The Morgan fingerprint density at radius 2 is 2.08 bits per heavy atom. The number of fused-ring (bicyclic) bond motifs is 1. The Labute approximate surface area is 150 Å². The van der Waals surface area contributed by atoms with E-state index in [2.05, 4.69) is 26.2 Å². The first kappa shape index (κ1) is 17.2. The maximum absolute atomic E-state index is 12.4. The average Bonchev–Trinajstić information content (AvgIpc) is 3.20. The molecular formula is C15H16BrN5O4. The zero-order valence-electron chi connectivity index (χ0n) is 13.8. The van der Waals surface area contributed by atoms with Crippen LogP contribution in [-0.2, 0) is 25.4 Å². The van der Waals surface area contributed by atoms with Gasteiger partial charge in [0.1, 0.15) is 12.3 Å². The molecule has 0 aliphatic carbocycles. The van der Waals surface area contributed by atoms with E-state index in [0.717, 1.165) is 4.57 Å². The van der Waals surface area contributed by atoms with E-state index in [1.54, 1.807) is 19.1 Å². The van der Waals surface area contributed by atoms with Crippen molar-refractivity contribution in [3.8, 4) is 0 Å². The molecule has 3 rings (SSSR count). The lowest BCUT2D eigenvalue weighted by molar-refractivity contribution is -0.122. The second-order valence-corrected chi connectivity index (χ2v) is 6.36. The van der Waals surface area contributed by atoms with Crippen LogP contribution in [0.5, 0.6) is 0 Å². The number of nitrogens with zero attached hydrogens (tertiary/aromatic N) is 4. The molecule has 0 aliphatic heterocycles. The molecule has 1 amide bonds. The topological polar surface area (TPSA) is 104 Å². The maximum Gasteiger partial charge on any atom is 0.332 e. The Balaban J connectivity index is 1.97. The van der Waals surface area contributed by atoms with Crippen molar-refractivity contribution in [2.45, 2.75) is 19.5 Å². The van der Waals surface area contributed by atoms with Gasteiger partial charge in [-0.25, -0.2) is 9.78 Å². The van der Waals surface area contributed by atoms with Gasteiger partial charge in [0.25, 0.3) is 5.56 Å². The number of halogens is 1. The van der Waals surface area contributed by atoms with Crippen molar-refractivity contribution in [2.75, 3.05) is 0 Å². The van der Waals surface area contributed by atoms with Crippen LogP contribution in [0.15, 0.2) is 37.1 Å². The van der Waals surface area contributed by atoms with E-state index in [-0.39, 0.29) is 29.7 Å². The predicted octanol–water partition coefficient (Wildman–Crippen LogP) is 0.667. The van der Waals surface area contributed by atoms with Gasteiger partial charge in [0.05, 0.1) is 12.3 Å². The standard InChI is InChI=1S/C15H16BrN5O4/c1-8(9-5-4-6-25-9)17-10(22)7-21-12-11(18-14(21)16)13(23)20(3)15(24)19(12)2/h4-6,8H,7H2,1-3H3,(H,17,22). The summed E-state index contributed by atoms with van der Waals surface area (Å²) in [5.74, 6) is 0.321. The Hall–Kier alpha value is -2.62. The molecule has 25 heavy (non-hydrogen) atoms. The lowest BCUT2D eigenvalue weighted by Gasteiger charge is -2.13. The third-order valence-corrected chi connectivity index (χ3v) is 4.55. The number of hydrogen-bond acceptors (Lipinski definition) is 5. The van der Waals surface area contributed by atoms with Crippen LogP contribution in [0.1, 0.15) is 18.7 Å².